The predicted molar refractivity (Wildman–Crippen MR) is 61.9 cm³/mol. The molecule has 0 amide bonds. The lowest BCUT2D eigenvalue weighted by Gasteiger charge is -2.32. The van der Waals surface area contributed by atoms with Gasteiger partial charge in [0.25, 0.3) is 11.9 Å². The number of cyclic esters (lactones) is 2. The van der Waals surface area contributed by atoms with E-state index in [2.05, 4.69) is 0 Å². The summed E-state index contributed by atoms with van der Waals surface area (Å²) in [5, 5.41) is 0. The first kappa shape index (κ1) is 13.1. The number of esters is 3. The first-order valence-corrected chi connectivity index (χ1v) is 5.61. The lowest BCUT2D eigenvalue weighted by Crippen LogP contribution is -2.51. The number of carbonyl (C=O) groups is 3. The number of rotatable bonds is 2. The molecule has 1 aromatic rings. The molecular weight excluding hydrogens is 252 g/mol. The molecule has 0 N–H and O–H groups in total. The van der Waals surface area contributed by atoms with Gasteiger partial charge in [-0.15, -0.1) is 0 Å². The molecule has 2 rings (SSSR count). The van der Waals surface area contributed by atoms with Crippen LogP contribution in [0, 0.1) is 0 Å². The lowest BCUT2D eigenvalue weighted by molar-refractivity contribution is -0.245. The molecule has 0 saturated carbocycles. The van der Waals surface area contributed by atoms with Crippen LogP contribution in [0.25, 0.3) is 0 Å². The molecule has 6 heteroatoms. The number of carbonyl (C=O) groups excluding carboxylic acids is 3. The largest absolute Gasteiger partial charge is 0.434 e. The van der Waals surface area contributed by atoms with E-state index in [1.54, 1.807) is 18.2 Å². The van der Waals surface area contributed by atoms with Gasteiger partial charge < -0.3 is 14.2 Å². The summed E-state index contributed by atoms with van der Waals surface area (Å²) in [6.07, 6.45) is -1.68. The first-order valence-electron chi connectivity index (χ1n) is 5.61. The Hall–Kier alpha value is -2.37. The van der Waals surface area contributed by atoms with E-state index in [1.807, 2.05) is 0 Å². The van der Waals surface area contributed by atoms with Gasteiger partial charge in [-0.2, -0.15) is 0 Å². The highest BCUT2D eigenvalue weighted by Crippen LogP contribution is 2.21. The summed E-state index contributed by atoms with van der Waals surface area (Å²) in [6, 6.07) is 8.01. The Morgan fingerprint density at radius 3 is 2.16 bits per heavy atom. The Morgan fingerprint density at radius 1 is 1.11 bits per heavy atom. The third-order valence-corrected chi connectivity index (χ3v) is 2.36. The second-order valence-corrected chi connectivity index (χ2v) is 4.39. The molecule has 0 aromatic heterocycles. The van der Waals surface area contributed by atoms with Crippen LogP contribution < -0.4 is 0 Å². The van der Waals surface area contributed by atoms with Crippen molar-refractivity contribution in [1.29, 1.82) is 0 Å². The van der Waals surface area contributed by atoms with Gasteiger partial charge in [-0.1, -0.05) is 18.2 Å². The van der Waals surface area contributed by atoms with Crippen molar-refractivity contribution in [3.63, 3.8) is 0 Å². The lowest BCUT2D eigenvalue weighted by atomic mass is 10.2. The monoisotopic (exact) mass is 264 g/mol. The number of hydrogen-bond donors (Lipinski definition) is 0. The highest BCUT2D eigenvalue weighted by atomic mass is 16.8. The van der Waals surface area contributed by atoms with Gasteiger partial charge in [0.1, 0.15) is 0 Å². The van der Waals surface area contributed by atoms with Crippen molar-refractivity contribution in [1.82, 2.24) is 0 Å². The minimum atomic E-state index is -1.68. The minimum absolute atomic E-state index is 0.230. The SMILES string of the molecule is CC1(C)OC(=O)C(OC(=O)c2ccccc2)C(=O)O1. The van der Waals surface area contributed by atoms with Crippen LogP contribution in [0.2, 0.25) is 0 Å². The molecule has 0 bridgehead atoms. The Balaban J connectivity index is 2.10. The third kappa shape index (κ3) is 2.90. The molecule has 0 spiro atoms. The predicted octanol–water partition coefficient (Wildman–Crippen LogP) is 1.05. The van der Waals surface area contributed by atoms with Crippen molar-refractivity contribution in [2.45, 2.75) is 25.7 Å². The van der Waals surface area contributed by atoms with E-state index in [4.69, 9.17) is 14.2 Å². The quantitative estimate of drug-likeness (QED) is 0.586. The van der Waals surface area contributed by atoms with Gasteiger partial charge in [-0.05, 0) is 12.1 Å². The van der Waals surface area contributed by atoms with E-state index in [1.165, 1.54) is 26.0 Å². The summed E-state index contributed by atoms with van der Waals surface area (Å²) in [5.74, 6) is -4.01. The second kappa shape index (κ2) is 4.72. The fourth-order valence-electron chi connectivity index (χ4n) is 1.55. The van der Waals surface area contributed by atoms with Gasteiger partial charge >= 0.3 is 17.9 Å². The molecule has 1 fully saturated rings. The summed E-state index contributed by atoms with van der Waals surface area (Å²) in [7, 11) is 0. The number of hydrogen-bond acceptors (Lipinski definition) is 6. The van der Waals surface area contributed by atoms with Gasteiger partial charge in [-0.3, -0.25) is 0 Å². The molecule has 0 unspecified atom stereocenters. The average Bonchev–Trinajstić information content (AvgIpc) is 2.33. The second-order valence-electron chi connectivity index (χ2n) is 4.39. The fourth-order valence-corrected chi connectivity index (χ4v) is 1.55. The van der Waals surface area contributed by atoms with Crippen LogP contribution in [0.3, 0.4) is 0 Å². The summed E-state index contributed by atoms with van der Waals surface area (Å²) < 4.78 is 14.5. The van der Waals surface area contributed by atoms with Crippen LogP contribution >= 0.6 is 0 Å². The van der Waals surface area contributed by atoms with Gasteiger partial charge in [0.15, 0.2) is 0 Å². The highest BCUT2D eigenvalue weighted by Gasteiger charge is 2.45. The molecule has 1 heterocycles. The molecule has 0 radical (unpaired) electrons. The van der Waals surface area contributed by atoms with Gasteiger partial charge in [-0.25, -0.2) is 14.4 Å². The van der Waals surface area contributed by atoms with Crippen molar-refractivity contribution >= 4 is 17.9 Å². The summed E-state index contributed by atoms with van der Waals surface area (Å²) in [4.78, 5) is 34.9. The maximum absolute atomic E-state index is 11.7. The molecular formula is C13H12O6. The third-order valence-electron chi connectivity index (χ3n) is 2.36. The van der Waals surface area contributed by atoms with Crippen molar-refractivity contribution in [2.75, 3.05) is 0 Å². The molecule has 1 aliphatic rings. The van der Waals surface area contributed by atoms with Crippen LogP contribution in [0.1, 0.15) is 24.2 Å². The summed E-state index contributed by atoms with van der Waals surface area (Å²) in [6.45, 7) is 2.83. The fraction of sp³-hybridized carbons (Fsp3) is 0.308. The van der Waals surface area contributed by atoms with Gasteiger partial charge in [0.2, 0.25) is 0 Å². The maximum Gasteiger partial charge on any atom is 0.362 e. The van der Waals surface area contributed by atoms with Crippen LogP contribution in [0.4, 0.5) is 0 Å². The van der Waals surface area contributed by atoms with Crippen molar-refractivity contribution in [3.8, 4) is 0 Å². The van der Waals surface area contributed by atoms with E-state index in [0.29, 0.717) is 0 Å². The zero-order valence-electron chi connectivity index (χ0n) is 10.4. The topological polar surface area (TPSA) is 78.9 Å². The van der Waals surface area contributed by atoms with Crippen molar-refractivity contribution in [2.24, 2.45) is 0 Å². The smallest absolute Gasteiger partial charge is 0.362 e. The standard InChI is InChI=1S/C13H12O6/c1-13(2)18-11(15)9(12(16)19-13)17-10(14)8-6-4-3-5-7-8/h3-7,9H,1-2H3. The zero-order chi connectivity index (χ0) is 14.0. The Labute approximate surface area is 109 Å². The van der Waals surface area contributed by atoms with E-state index >= 15 is 0 Å². The van der Waals surface area contributed by atoms with Crippen molar-refractivity contribution in [3.05, 3.63) is 35.9 Å². The van der Waals surface area contributed by atoms with E-state index in [-0.39, 0.29) is 5.56 Å². The van der Waals surface area contributed by atoms with E-state index in [9.17, 15) is 14.4 Å². The van der Waals surface area contributed by atoms with E-state index < -0.39 is 29.8 Å². The molecule has 100 valence electrons. The number of ether oxygens (including phenoxy) is 3. The normalized spacial score (nSPS) is 18.4. The van der Waals surface area contributed by atoms with Crippen LogP contribution in [-0.4, -0.2) is 29.8 Å². The molecule has 1 aliphatic heterocycles. The van der Waals surface area contributed by atoms with Gasteiger partial charge in [0, 0.05) is 13.8 Å². The van der Waals surface area contributed by atoms with Gasteiger partial charge in [0.05, 0.1) is 5.56 Å². The van der Waals surface area contributed by atoms with Crippen molar-refractivity contribution < 1.29 is 28.6 Å². The zero-order valence-corrected chi connectivity index (χ0v) is 10.4. The van der Waals surface area contributed by atoms with E-state index in [0.717, 1.165) is 0 Å². The molecule has 1 saturated heterocycles. The number of benzene rings is 1. The first-order chi connectivity index (χ1) is 8.89. The van der Waals surface area contributed by atoms with Crippen LogP contribution in [-0.2, 0) is 23.8 Å². The minimum Gasteiger partial charge on any atom is -0.434 e. The Kier molecular flexibility index (Phi) is 3.25. The molecule has 6 nitrogen and oxygen atoms in total. The van der Waals surface area contributed by atoms with Crippen LogP contribution in [0.15, 0.2) is 30.3 Å². The molecule has 19 heavy (non-hydrogen) atoms. The molecule has 0 aliphatic carbocycles. The highest BCUT2D eigenvalue weighted by molar-refractivity contribution is 6.03. The Bertz CT molecular complexity index is 499. The molecule has 0 atom stereocenters. The summed E-state index contributed by atoms with van der Waals surface area (Å²) >= 11 is 0. The van der Waals surface area contributed by atoms with Crippen LogP contribution in [0.5, 0.6) is 0 Å². The average molecular weight is 264 g/mol. The maximum atomic E-state index is 11.7. The summed E-state index contributed by atoms with van der Waals surface area (Å²) in [5.41, 5.74) is 0.230. The Morgan fingerprint density at radius 2 is 1.63 bits per heavy atom. The molecule has 1 aromatic carbocycles.